The van der Waals surface area contributed by atoms with E-state index in [2.05, 4.69) is 9.69 Å². The highest BCUT2D eigenvalue weighted by molar-refractivity contribution is 7.10. The minimum absolute atomic E-state index is 0.300. The van der Waals surface area contributed by atoms with E-state index in [0.717, 1.165) is 42.8 Å². The van der Waals surface area contributed by atoms with Gasteiger partial charge in [-0.3, -0.25) is 0 Å². The molecular formula is C14H22N2O3S. The number of carbonyl (C=O) groups excluding carboxylic acids is 1. The van der Waals surface area contributed by atoms with E-state index in [-0.39, 0.29) is 5.97 Å². The Morgan fingerprint density at radius 3 is 3.00 bits per heavy atom. The van der Waals surface area contributed by atoms with Crippen molar-refractivity contribution in [1.82, 2.24) is 4.37 Å². The smallest absolute Gasteiger partial charge is 0.343 e. The quantitative estimate of drug-likeness (QED) is 0.561. The molecule has 0 unspecified atom stereocenters. The summed E-state index contributed by atoms with van der Waals surface area (Å²) in [6.45, 7) is 6.44. The summed E-state index contributed by atoms with van der Waals surface area (Å²) in [5, 5.41) is 4.05. The molecule has 1 aromatic heterocycles. The van der Waals surface area contributed by atoms with Crippen LogP contribution in [-0.2, 0) is 9.47 Å². The number of ether oxygens (including phenoxy) is 2. The Morgan fingerprint density at radius 2 is 2.30 bits per heavy atom. The molecule has 1 aliphatic rings. The SMILES string of the molecule is CCOC(=O)c1c(C)nsc1NCCCOCC1CC1. The topological polar surface area (TPSA) is 60.5 Å². The number of anilines is 1. The summed E-state index contributed by atoms with van der Waals surface area (Å²) in [6.07, 6.45) is 3.56. The zero-order valence-electron chi connectivity index (χ0n) is 12.1. The Kier molecular flexibility index (Phi) is 5.79. The number of hydrogen-bond donors (Lipinski definition) is 1. The lowest BCUT2D eigenvalue weighted by molar-refractivity contribution is 0.0527. The van der Waals surface area contributed by atoms with E-state index in [1.807, 2.05) is 6.92 Å². The monoisotopic (exact) mass is 298 g/mol. The molecule has 1 N–H and O–H groups in total. The summed E-state index contributed by atoms with van der Waals surface area (Å²) in [6, 6.07) is 0. The molecule has 0 aliphatic heterocycles. The first-order valence-corrected chi connectivity index (χ1v) is 7.94. The molecule has 2 rings (SSSR count). The van der Waals surface area contributed by atoms with Crippen molar-refractivity contribution in [2.75, 3.05) is 31.7 Å². The van der Waals surface area contributed by atoms with E-state index in [0.29, 0.717) is 12.2 Å². The Morgan fingerprint density at radius 1 is 1.50 bits per heavy atom. The van der Waals surface area contributed by atoms with Crippen LogP contribution in [0.3, 0.4) is 0 Å². The van der Waals surface area contributed by atoms with Gasteiger partial charge in [-0.25, -0.2) is 4.79 Å². The molecule has 20 heavy (non-hydrogen) atoms. The number of aryl methyl sites for hydroxylation is 1. The predicted octanol–water partition coefficient (Wildman–Crippen LogP) is 2.86. The molecule has 0 amide bonds. The van der Waals surface area contributed by atoms with E-state index < -0.39 is 0 Å². The van der Waals surface area contributed by atoms with E-state index in [9.17, 15) is 4.79 Å². The van der Waals surface area contributed by atoms with Gasteiger partial charge in [0.1, 0.15) is 10.6 Å². The summed E-state index contributed by atoms with van der Waals surface area (Å²) in [4.78, 5) is 11.8. The van der Waals surface area contributed by atoms with Gasteiger partial charge in [-0.1, -0.05) is 0 Å². The standard InChI is InChI=1S/C14H22N2O3S/c1-3-19-14(17)12-10(2)16-20-13(12)15-7-4-8-18-9-11-5-6-11/h11,15H,3-9H2,1-2H3. The Labute approximate surface area is 123 Å². The fourth-order valence-electron chi connectivity index (χ4n) is 1.84. The van der Waals surface area contributed by atoms with Crippen LogP contribution < -0.4 is 5.32 Å². The molecular weight excluding hydrogens is 276 g/mol. The van der Waals surface area contributed by atoms with Gasteiger partial charge in [0.2, 0.25) is 0 Å². The van der Waals surface area contributed by atoms with Crippen LogP contribution in [0.5, 0.6) is 0 Å². The molecule has 1 saturated carbocycles. The molecule has 1 aromatic rings. The average Bonchev–Trinajstić information content (AvgIpc) is 3.17. The molecule has 1 heterocycles. The number of carbonyl (C=O) groups is 1. The van der Waals surface area contributed by atoms with Gasteiger partial charge in [-0.2, -0.15) is 4.37 Å². The van der Waals surface area contributed by atoms with Crippen molar-refractivity contribution >= 4 is 22.5 Å². The number of nitrogens with one attached hydrogen (secondary N) is 1. The zero-order chi connectivity index (χ0) is 14.4. The Bertz CT molecular complexity index is 444. The molecule has 5 nitrogen and oxygen atoms in total. The lowest BCUT2D eigenvalue weighted by Gasteiger charge is -2.07. The van der Waals surface area contributed by atoms with Crippen LogP contribution in [0.15, 0.2) is 0 Å². The second kappa shape index (κ2) is 7.59. The molecule has 0 spiro atoms. The summed E-state index contributed by atoms with van der Waals surface area (Å²) in [5.41, 5.74) is 1.29. The van der Waals surface area contributed by atoms with Crippen molar-refractivity contribution in [1.29, 1.82) is 0 Å². The minimum atomic E-state index is -0.300. The maximum atomic E-state index is 11.8. The molecule has 0 saturated heterocycles. The van der Waals surface area contributed by atoms with E-state index in [1.165, 1.54) is 24.4 Å². The number of rotatable bonds is 9. The first kappa shape index (κ1) is 15.3. The molecule has 6 heteroatoms. The second-order valence-corrected chi connectivity index (χ2v) is 5.76. The van der Waals surface area contributed by atoms with Crippen LogP contribution in [0, 0.1) is 12.8 Å². The van der Waals surface area contributed by atoms with Crippen LogP contribution in [-0.4, -0.2) is 36.7 Å². The van der Waals surface area contributed by atoms with Crippen LogP contribution in [0.2, 0.25) is 0 Å². The van der Waals surface area contributed by atoms with Gasteiger partial charge in [0.15, 0.2) is 0 Å². The van der Waals surface area contributed by atoms with Crippen LogP contribution in [0.1, 0.15) is 42.2 Å². The molecule has 0 radical (unpaired) electrons. The lowest BCUT2D eigenvalue weighted by atomic mass is 10.2. The fraction of sp³-hybridized carbons (Fsp3) is 0.714. The molecule has 0 atom stereocenters. The molecule has 112 valence electrons. The highest BCUT2D eigenvalue weighted by atomic mass is 32.1. The van der Waals surface area contributed by atoms with Crippen molar-refractivity contribution < 1.29 is 14.3 Å². The minimum Gasteiger partial charge on any atom is -0.462 e. The summed E-state index contributed by atoms with van der Waals surface area (Å²) in [7, 11) is 0. The molecule has 0 aromatic carbocycles. The maximum Gasteiger partial charge on any atom is 0.343 e. The van der Waals surface area contributed by atoms with Crippen LogP contribution >= 0.6 is 11.5 Å². The van der Waals surface area contributed by atoms with Crippen LogP contribution in [0.25, 0.3) is 0 Å². The highest BCUT2D eigenvalue weighted by Gasteiger charge is 2.21. The largest absolute Gasteiger partial charge is 0.462 e. The van der Waals surface area contributed by atoms with Gasteiger partial charge >= 0.3 is 5.97 Å². The van der Waals surface area contributed by atoms with Crippen molar-refractivity contribution in [2.45, 2.75) is 33.1 Å². The van der Waals surface area contributed by atoms with Gasteiger partial charge in [-0.15, -0.1) is 0 Å². The van der Waals surface area contributed by atoms with Gasteiger partial charge in [-0.05, 0) is 50.6 Å². The first-order valence-electron chi connectivity index (χ1n) is 7.17. The fourth-order valence-corrected chi connectivity index (χ4v) is 2.65. The van der Waals surface area contributed by atoms with E-state index >= 15 is 0 Å². The number of esters is 1. The summed E-state index contributed by atoms with van der Waals surface area (Å²) in [5.74, 6) is 0.508. The third kappa shape index (κ3) is 4.45. The Balaban J connectivity index is 1.72. The van der Waals surface area contributed by atoms with Crippen molar-refractivity contribution in [3.05, 3.63) is 11.3 Å². The molecule has 1 fully saturated rings. The van der Waals surface area contributed by atoms with Crippen molar-refractivity contribution in [3.63, 3.8) is 0 Å². The first-order chi connectivity index (χ1) is 9.72. The van der Waals surface area contributed by atoms with Gasteiger partial charge in [0.25, 0.3) is 0 Å². The molecule has 1 aliphatic carbocycles. The van der Waals surface area contributed by atoms with Crippen molar-refractivity contribution in [2.24, 2.45) is 5.92 Å². The zero-order valence-corrected chi connectivity index (χ0v) is 12.9. The van der Waals surface area contributed by atoms with Gasteiger partial charge in [0, 0.05) is 19.8 Å². The average molecular weight is 298 g/mol. The van der Waals surface area contributed by atoms with E-state index in [1.54, 1.807) is 6.92 Å². The van der Waals surface area contributed by atoms with Crippen molar-refractivity contribution in [3.8, 4) is 0 Å². The third-order valence-electron chi connectivity index (χ3n) is 3.14. The normalized spacial score (nSPS) is 14.3. The molecule has 0 bridgehead atoms. The maximum absolute atomic E-state index is 11.8. The second-order valence-electron chi connectivity index (χ2n) is 4.99. The number of nitrogens with zero attached hydrogens (tertiary/aromatic N) is 1. The van der Waals surface area contributed by atoms with Gasteiger partial charge in [0.05, 0.1) is 12.3 Å². The highest BCUT2D eigenvalue weighted by Crippen LogP contribution is 2.28. The number of aromatic nitrogens is 1. The summed E-state index contributed by atoms with van der Waals surface area (Å²) < 4.78 is 14.8. The van der Waals surface area contributed by atoms with E-state index in [4.69, 9.17) is 9.47 Å². The van der Waals surface area contributed by atoms with Gasteiger partial charge < -0.3 is 14.8 Å². The number of hydrogen-bond acceptors (Lipinski definition) is 6. The summed E-state index contributed by atoms with van der Waals surface area (Å²) >= 11 is 1.31. The third-order valence-corrected chi connectivity index (χ3v) is 4.04. The lowest BCUT2D eigenvalue weighted by Crippen LogP contribution is -2.11. The predicted molar refractivity (Wildman–Crippen MR) is 79.5 cm³/mol. The van der Waals surface area contributed by atoms with Crippen LogP contribution in [0.4, 0.5) is 5.00 Å². The Hall–Kier alpha value is -1.14.